The summed E-state index contributed by atoms with van der Waals surface area (Å²) in [7, 11) is -4.60. The molecule has 0 saturated heterocycles. The summed E-state index contributed by atoms with van der Waals surface area (Å²) in [6.07, 6.45) is 1.74. The van der Waals surface area contributed by atoms with E-state index in [2.05, 4.69) is 4.52 Å². The summed E-state index contributed by atoms with van der Waals surface area (Å²) in [5.41, 5.74) is 0. The molecule has 0 aromatic heterocycles. The molecule has 0 heterocycles. The zero-order chi connectivity index (χ0) is 13.3. The minimum absolute atomic E-state index is 0.222. The lowest BCUT2D eigenvalue weighted by Crippen LogP contribution is -2.26. The molecule has 1 atom stereocenters. The van der Waals surface area contributed by atoms with Gasteiger partial charge in [0.25, 0.3) is 0 Å². The number of carbonyl (C=O) groups is 1. The largest absolute Gasteiger partial charge is 0.469 e. The average Bonchev–Trinajstić information content (AvgIpc) is 2.23. The first-order valence-electron chi connectivity index (χ1n) is 5.39. The summed E-state index contributed by atoms with van der Waals surface area (Å²) in [5, 5.41) is 8.83. The molecule has 1 unspecified atom stereocenters. The summed E-state index contributed by atoms with van der Waals surface area (Å²) in [5.74, 6) is -0.508. The Balaban J connectivity index is 3.87. The molecule has 0 saturated carbocycles. The van der Waals surface area contributed by atoms with Crippen LogP contribution in [0.2, 0.25) is 0 Å². The van der Waals surface area contributed by atoms with Crippen molar-refractivity contribution in [3.05, 3.63) is 0 Å². The molecule has 0 aliphatic rings. The molecule has 102 valence electrons. The third-order valence-electron chi connectivity index (χ3n) is 1.91. The van der Waals surface area contributed by atoms with Crippen molar-refractivity contribution in [2.45, 2.75) is 38.7 Å². The molecular weight excluding hydrogens is 251 g/mol. The van der Waals surface area contributed by atoms with Gasteiger partial charge in [0, 0.05) is 6.42 Å². The van der Waals surface area contributed by atoms with Crippen LogP contribution in [-0.2, 0) is 18.6 Å². The van der Waals surface area contributed by atoms with Crippen LogP contribution < -0.4 is 0 Å². The number of unbranched alkanes of at least 4 members (excludes halogenated alkanes) is 2. The molecular formula is C9H19O7P. The highest BCUT2D eigenvalue weighted by Gasteiger charge is 2.20. The second kappa shape index (κ2) is 8.60. The molecule has 7 nitrogen and oxygen atoms in total. The maximum absolute atomic E-state index is 11.2. The standard InChI is InChI=1S/C9H19O7P/c1-2-3-4-5-9(11)16-8(6-10)7-15-17(12,13)14/h8,10H,2-7H2,1H3,(H2,12,13,14). The van der Waals surface area contributed by atoms with Crippen molar-refractivity contribution in [2.75, 3.05) is 13.2 Å². The SMILES string of the molecule is CCCCCC(=O)OC(CO)COP(=O)(O)O. The third kappa shape index (κ3) is 10.4. The average molecular weight is 270 g/mol. The number of phosphoric ester groups is 1. The summed E-state index contributed by atoms with van der Waals surface area (Å²) >= 11 is 0. The van der Waals surface area contributed by atoms with Gasteiger partial charge in [-0.25, -0.2) is 4.57 Å². The first-order valence-corrected chi connectivity index (χ1v) is 6.92. The molecule has 17 heavy (non-hydrogen) atoms. The van der Waals surface area contributed by atoms with E-state index in [1.807, 2.05) is 6.92 Å². The fourth-order valence-corrected chi connectivity index (χ4v) is 1.43. The highest BCUT2D eigenvalue weighted by Crippen LogP contribution is 2.35. The lowest BCUT2D eigenvalue weighted by atomic mass is 10.2. The molecule has 8 heteroatoms. The van der Waals surface area contributed by atoms with E-state index in [1.54, 1.807) is 0 Å². The van der Waals surface area contributed by atoms with Gasteiger partial charge in [-0.2, -0.15) is 0 Å². The van der Waals surface area contributed by atoms with Gasteiger partial charge in [-0.15, -0.1) is 0 Å². The van der Waals surface area contributed by atoms with E-state index in [4.69, 9.17) is 19.6 Å². The number of aliphatic hydroxyl groups is 1. The van der Waals surface area contributed by atoms with Crippen molar-refractivity contribution in [3.8, 4) is 0 Å². The number of rotatable bonds is 9. The van der Waals surface area contributed by atoms with Gasteiger partial charge in [0.1, 0.15) is 6.10 Å². The van der Waals surface area contributed by atoms with Crippen LogP contribution in [0.25, 0.3) is 0 Å². The van der Waals surface area contributed by atoms with Crippen molar-refractivity contribution in [3.63, 3.8) is 0 Å². The van der Waals surface area contributed by atoms with E-state index in [0.717, 1.165) is 12.8 Å². The molecule has 0 amide bonds. The van der Waals surface area contributed by atoms with E-state index < -0.39 is 33.1 Å². The molecule has 0 bridgehead atoms. The highest BCUT2D eigenvalue weighted by molar-refractivity contribution is 7.46. The molecule has 0 aliphatic heterocycles. The maximum Gasteiger partial charge on any atom is 0.469 e. The lowest BCUT2D eigenvalue weighted by Gasteiger charge is -2.15. The number of hydrogen-bond donors (Lipinski definition) is 3. The van der Waals surface area contributed by atoms with Crippen LogP contribution in [0, 0.1) is 0 Å². The monoisotopic (exact) mass is 270 g/mol. The van der Waals surface area contributed by atoms with E-state index in [1.165, 1.54) is 0 Å². The van der Waals surface area contributed by atoms with Crippen molar-refractivity contribution < 1.29 is 33.5 Å². The Morgan fingerprint density at radius 1 is 1.35 bits per heavy atom. The van der Waals surface area contributed by atoms with Crippen LogP contribution >= 0.6 is 7.82 Å². The van der Waals surface area contributed by atoms with Gasteiger partial charge in [-0.1, -0.05) is 19.8 Å². The minimum Gasteiger partial charge on any atom is -0.457 e. The number of carbonyl (C=O) groups excluding carboxylic acids is 1. The molecule has 0 fully saturated rings. The van der Waals surface area contributed by atoms with Gasteiger partial charge in [-0.05, 0) is 6.42 Å². The predicted octanol–water partition coefficient (Wildman–Crippen LogP) is 0.580. The Labute approximate surface area is 100.0 Å². The Kier molecular flexibility index (Phi) is 8.37. The van der Waals surface area contributed by atoms with Crippen LogP contribution in [0.4, 0.5) is 0 Å². The molecule has 3 N–H and O–H groups in total. The molecule has 0 aliphatic carbocycles. The van der Waals surface area contributed by atoms with Crippen LogP contribution in [0.15, 0.2) is 0 Å². The van der Waals surface area contributed by atoms with E-state index in [9.17, 15) is 9.36 Å². The second-order valence-electron chi connectivity index (χ2n) is 3.54. The van der Waals surface area contributed by atoms with Crippen molar-refractivity contribution in [1.29, 1.82) is 0 Å². The van der Waals surface area contributed by atoms with Crippen molar-refractivity contribution >= 4 is 13.8 Å². The quantitative estimate of drug-likeness (QED) is 0.319. The van der Waals surface area contributed by atoms with Crippen LogP contribution in [0.3, 0.4) is 0 Å². The zero-order valence-corrected chi connectivity index (χ0v) is 10.6. The fourth-order valence-electron chi connectivity index (χ4n) is 1.07. The van der Waals surface area contributed by atoms with Crippen LogP contribution in [0.5, 0.6) is 0 Å². The van der Waals surface area contributed by atoms with E-state index in [0.29, 0.717) is 6.42 Å². The number of hydrogen-bond acceptors (Lipinski definition) is 5. The van der Waals surface area contributed by atoms with Gasteiger partial charge >= 0.3 is 13.8 Å². The third-order valence-corrected chi connectivity index (χ3v) is 2.40. The topological polar surface area (TPSA) is 113 Å². The Bertz CT molecular complexity index is 262. The Morgan fingerprint density at radius 2 is 2.00 bits per heavy atom. The fraction of sp³-hybridized carbons (Fsp3) is 0.889. The summed E-state index contributed by atoms with van der Waals surface area (Å²) < 4.78 is 19.3. The smallest absolute Gasteiger partial charge is 0.457 e. The molecule has 0 aromatic carbocycles. The molecule has 0 rings (SSSR count). The van der Waals surface area contributed by atoms with Gasteiger partial charge in [0.2, 0.25) is 0 Å². The number of aliphatic hydroxyl groups excluding tert-OH is 1. The van der Waals surface area contributed by atoms with E-state index in [-0.39, 0.29) is 6.42 Å². The predicted molar refractivity (Wildman–Crippen MR) is 59.1 cm³/mol. The Hall–Kier alpha value is -0.460. The minimum atomic E-state index is -4.60. The van der Waals surface area contributed by atoms with E-state index >= 15 is 0 Å². The van der Waals surface area contributed by atoms with Gasteiger partial charge in [0.05, 0.1) is 13.2 Å². The van der Waals surface area contributed by atoms with Gasteiger partial charge in [0.15, 0.2) is 0 Å². The van der Waals surface area contributed by atoms with Crippen molar-refractivity contribution in [1.82, 2.24) is 0 Å². The summed E-state index contributed by atoms with van der Waals surface area (Å²) in [4.78, 5) is 28.1. The second-order valence-corrected chi connectivity index (χ2v) is 4.78. The first-order chi connectivity index (χ1) is 7.89. The van der Waals surface area contributed by atoms with Gasteiger partial charge < -0.3 is 19.6 Å². The maximum atomic E-state index is 11.2. The number of esters is 1. The molecule has 0 aromatic rings. The highest BCUT2D eigenvalue weighted by atomic mass is 31.2. The first kappa shape index (κ1) is 16.5. The molecule has 0 spiro atoms. The summed E-state index contributed by atoms with van der Waals surface area (Å²) in [6.45, 7) is 0.926. The molecule has 0 radical (unpaired) electrons. The van der Waals surface area contributed by atoms with Crippen LogP contribution in [-0.4, -0.2) is 40.2 Å². The normalized spacial score (nSPS) is 13.4. The lowest BCUT2D eigenvalue weighted by molar-refractivity contribution is -0.153. The zero-order valence-electron chi connectivity index (χ0n) is 9.74. The summed E-state index contributed by atoms with van der Waals surface area (Å²) in [6, 6.07) is 0. The number of phosphoric acid groups is 1. The van der Waals surface area contributed by atoms with Crippen LogP contribution in [0.1, 0.15) is 32.6 Å². The Morgan fingerprint density at radius 3 is 2.47 bits per heavy atom. The van der Waals surface area contributed by atoms with Gasteiger partial charge in [-0.3, -0.25) is 9.32 Å². The number of ether oxygens (including phenoxy) is 1. The van der Waals surface area contributed by atoms with Crippen molar-refractivity contribution in [2.24, 2.45) is 0 Å².